The maximum absolute atomic E-state index is 5.91. The van der Waals surface area contributed by atoms with Crippen LogP contribution in [-0.2, 0) is 4.84 Å². The summed E-state index contributed by atoms with van der Waals surface area (Å²) in [4.78, 5) is 5.91. The smallest absolute Gasteiger partial charge is 0.185 e. The van der Waals surface area contributed by atoms with E-state index in [9.17, 15) is 0 Å². The number of rotatable bonds is 5. The number of thiocarbonyl (C=S) groups is 1. The normalized spacial score (nSPS) is 13.1. The Kier molecular flexibility index (Phi) is 5.67. The molecule has 0 rings (SSSR count). The molecule has 0 aliphatic rings. The Morgan fingerprint density at radius 1 is 1.07 bits per heavy atom. The predicted molar refractivity (Wildman–Crippen MR) is 77.1 cm³/mol. The molecule has 0 radical (unpaired) electrons. The van der Waals surface area contributed by atoms with Gasteiger partial charge in [-0.2, -0.15) is 4.39 Å². The Hall–Kier alpha value is 0.284. The van der Waals surface area contributed by atoms with Gasteiger partial charge < -0.3 is 4.84 Å². The van der Waals surface area contributed by atoms with Crippen LogP contribution in [0.4, 0.5) is 0 Å². The average Bonchev–Trinajstić information content (AvgIpc) is 1.96. The standard InChI is InChI=1S/C10H25NOSSi2/c1-8-9-10(13)12-11(14(2,3)4)15(5,6)7/h8-9H2,1-7H3. The molecule has 0 atom stereocenters. The third-order valence-electron chi connectivity index (χ3n) is 1.87. The predicted octanol–water partition coefficient (Wildman–Crippen LogP) is 4.02. The molecule has 0 bridgehead atoms. The van der Waals surface area contributed by atoms with Crippen molar-refractivity contribution in [1.82, 2.24) is 4.39 Å². The largest absolute Gasteiger partial charge is 0.413 e. The summed E-state index contributed by atoms with van der Waals surface area (Å²) in [6.07, 6.45) is 1.95. The van der Waals surface area contributed by atoms with E-state index in [-0.39, 0.29) is 0 Å². The van der Waals surface area contributed by atoms with Gasteiger partial charge in [0.1, 0.15) is 0 Å². The topological polar surface area (TPSA) is 12.5 Å². The van der Waals surface area contributed by atoms with Gasteiger partial charge in [-0.15, -0.1) is 0 Å². The number of hydrogen-bond donors (Lipinski definition) is 0. The van der Waals surface area contributed by atoms with Crippen LogP contribution in [0.2, 0.25) is 39.3 Å². The summed E-state index contributed by atoms with van der Waals surface area (Å²) in [5.41, 5.74) is 0. The van der Waals surface area contributed by atoms with E-state index in [2.05, 4.69) is 50.6 Å². The van der Waals surface area contributed by atoms with Crippen molar-refractivity contribution in [2.75, 3.05) is 0 Å². The van der Waals surface area contributed by atoms with E-state index in [4.69, 9.17) is 17.1 Å². The van der Waals surface area contributed by atoms with Crippen molar-refractivity contribution < 1.29 is 4.84 Å². The fraction of sp³-hybridized carbons (Fsp3) is 0.900. The molecule has 0 saturated carbocycles. The molecule has 5 heteroatoms. The molecular weight excluding hydrogens is 238 g/mol. The Morgan fingerprint density at radius 2 is 1.47 bits per heavy atom. The van der Waals surface area contributed by atoms with Crippen LogP contribution in [0.25, 0.3) is 0 Å². The molecule has 0 aromatic heterocycles. The first-order chi connectivity index (χ1) is 6.59. The zero-order valence-corrected chi connectivity index (χ0v) is 14.0. The molecule has 0 fully saturated rings. The number of hydrogen-bond acceptors (Lipinski definition) is 3. The molecule has 0 N–H and O–H groups in total. The van der Waals surface area contributed by atoms with E-state index in [0.717, 1.165) is 17.9 Å². The van der Waals surface area contributed by atoms with Gasteiger partial charge in [0.15, 0.2) is 21.5 Å². The molecule has 0 spiro atoms. The quantitative estimate of drug-likeness (QED) is 0.422. The maximum atomic E-state index is 5.91. The molecule has 15 heavy (non-hydrogen) atoms. The molecule has 0 amide bonds. The molecule has 0 saturated heterocycles. The lowest BCUT2D eigenvalue weighted by molar-refractivity contribution is 0.0894. The summed E-state index contributed by atoms with van der Waals surface area (Å²) in [5, 5.41) is 0.752. The van der Waals surface area contributed by atoms with Gasteiger partial charge in [-0.25, -0.2) is 0 Å². The van der Waals surface area contributed by atoms with Crippen molar-refractivity contribution >= 4 is 33.7 Å². The minimum Gasteiger partial charge on any atom is -0.413 e. The second-order valence-electron chi connectivity index (χ2n) is 5.85. The van der Waals surface area contributed by atoms with Gasteiger partial charge >= 0.3 is 0 Å². The van der Waals surface area contributed by atoms with Crippen molar-refractivity contribution in [3.05, 3.63) is 0 Å². The van der Waals surface area contributed by atoms with Crippen LogP contribution in [0, 0.1) is 0 Å². The van der Waals surface area contributed by atoms with E-state index in [1.165, 1.54) is 0 Å². The zero-order valence-electron chi connectivity index (χ0n) is 11.2. The van der Waals surface area contributed by atoms with E-state index in [1.807, 2.05) is 0 Å². The number of nitrogens with zero attached hydrogens (tertiary/aromatic N) is 1. The molecular formula is C10H25NOSSi2. The van der Waals surface area contributed by atoms with Gasteiger partial charge in [-0.3, -0.25) is 0 Å². The van der Waals surface area contributed by atoms with Crippen LogP contribution in [-0.4, -0.2) is 25.9 Å². The Morgan fingerprint density at radius 3 is 1.73 bits per heavy atom. The summed E-state index contributed by atoms with van der Waals surface area (Å²) < 4.78 is 2.26. The van der Waals surface area contributed by atoms with Gasteiger partial charge in [0, 0.05) is 6.42 Å². The van der Waals surface area contributed by atoms with Crippen molar-refractivity contribution in [3.8, 4) is 0 Å². The lowest BCUT2D eigenvalue weighted by atomic mass is 10.4. The average molecular weight is 264 g/mol. The molecule has 2 nitrogen and oxygen atoms in total. The van der Waals surface area contributed by atoms with Crippen LogP contribution in [0.1, 0.15) is 19.8 Å². The fourth-order valence-electron chi connectivity index (χ4n) is 1.63. The molecule has 90 valence electrons. The van der Waals surface area contributed by atoms with Crippen LogP contribution in [0.5, 0.6) is 0 Å². The van der Waals surface area contributed by atoms with Gasteiger partial charge in [0.05, 0.1) is 0 Å². The van der Waals surface area contributed by atoms with Crippen LogP contribution in [0.15, 0.2) is 0 Å². The van der Waals surface area contributed by atoms with Crippen LogP contribution >= 0.6 is 12.2 Å². The molecule has 0 aliphatic heterocycles. The highest BCUT2D eigenvalue weighted by Gasteiger charge is 2.37. The minimum atomic E-state index is -1.43. The van der Waals surface area contributed by atoms with Crippen LogP contribution in [0.3, 0.4) is 0 Å². The Balaban J connectivity index is 4.62. The lowest BCUT2D eigenvalue weighted by Gasteiger charge is -2.41. The lowest BCUT2D eigenvalue weighted by Crippen LogP contribution is -2.59. The summed E-state index contributed by atoms with van der Waals surface area (Å²) in [6.45, 7) is 16.0. The van der Waals surface area contributed by atoms with E-state index in [1.54, 1.807) is 0 Å². The first kappa shape index (κ1) is 15.3. The first-order valence-electron chi connectivity index (χ1n) is 5.60. The van der Waals surface area contributed by atoms with Crippen molar-refractivity contribution in [2.45, 2.75) is 59.0 Å². The third kappa shape index (κ3) is 5.80. The minimum absolute atomic E-state index is 0.752. The summed E-state index contributed by atoms with van der Waals surface area (Å²) in [6, 6.07) is 0. The fourth-order valence-corrected chi connectivity index (χ4v) is 10.9. The van der Waals surface area contributed by atoms with Gasteiger partial charge in [0.2, 0.25) is 0 Å². The molecule has 0 aromatic rings. The second kappa shape index (κ2) is 5.56. The molecule has 0 heterocycles. The van der Waals surface area contributed by atoms with Gasteiger partial charge in [0.25, 0.3) is 0 Å². The highest BCUT2D eigenvalue weighted by atomic mass is 32.1. The Labute approximate surface area is 102 Å². The SMILES string of the molecule is CCCC(=S)ON([Si](C)(C)C)[Si](C)(C)C. The monoisotopic (exact) mass is 263 g/mol. The second-order valence-corrected chi connectivity index (χ2v) is 16.2. The van der Waals surface area contributed by atoms with Gasteiger partial charge in [-0.1, -0.05) is 46.2 Å². The van der Waals surface area contributed by atoms with Gasteiger partial charge in [-0.05, 0) is 18.6 Å². The first-order valence-corrected chi connectivity index (χ1v) is 12.9. The van der Waals surface area contributed by atoms with Crippen LogP contribution < -0.4 is 0 Å². The Bertz CT molecular complexity index is 206. The molecule has 0 aromatic carbocycles. The highest BCUT2D eigenvalue weighted by molar-refractivity contribution is 7.80. The van der Waals surface area contributed by atoms with Crippen molar-refractivity contribution in [3.63, 3.8) is 0 Å². The van der Waals surface area contributed by atoms with E-state index in [0.29, 0.717) is 0 Å². The summed E-state index contributed by atoms with van der Waals surface area (Å²) >= 11 is 5.25. The maximum Gasteiger partial charge on any atom is 0.185 e. The molecule has 0 unspecified atom stereocenters. The zero-order chi connectivity index (χ0) is 12.3. The molecule has 0 aliphatic carbocycles. The summed E-state index contributed by atoms with van der Waals surface area (Å²) in [7, 11) is -2.86. The highest BCUT2D eigenvalue weighted by Crippen LogP contribution is 2.21. The van der Waals surface area contributed by atoms with E-state index >= 15 is 0 Å². The van der Waals surface area contributed by atoms with Crippen molar-refractivity contribution in [2.24, 2.45) is 0 Å². The third-order valence-corrected chi connectivity index (χ3v) is 8.79. The van der Waals surface area contributed by atoms with Crippen molar-refractivity contribution in [1.29, 1.82) is 0 Å². The van der Waals surface area contributed by atoms with E-state index < -0.39 is 16.5 Å². The summed E-state index contributed by atoms with van der Waals surface area (Å²) in [5.74, 6) is 0.